The summed E-state index contributed by atoms with van der Waals surface area (Å²) in [6.45, 7) is 1.74. The van der Waals surface area contributed by atoms with Crippen LogP contribution in [-0.2, 0) is 9.59 Å². The largest absolute Gasteiger partial charge is 0.495 e. The van der Waals surface area contributed by atoms with Crippen LogP contribution in [0.25, 0.3) is 0 Å². The number of rotatable bonds is 2. The fourth-order valence-electron chi connectivity index (χ4n) is 1.92. The van der Waals surface area contributed by atoms with Crippen LogP contribution in [-0.4, -0.2) is 18.9 Å². The highest BCUT2D eigenvalue weighted by atomic mass is 16.5. The maximum Gasteiger partial charge on any atom is 0.237 e. The van der Waals surface area contributed by atoms with Gasteiger partial charge in [-0.25, -0.2) is 0 Å². The Morgan fingerprint density at radius 1 is 1.41 bits per heavy atom. The fourth-order valence-corrected chi connectivity index (χ4v) is 1.92. The molecule has 17 heavy (non-hydrogen) atoms. The van der Waals surface area contributed by atoms with Crippen LogP contribution in [0.2, 0.25) is 0 Å². The van der Waals surface area contributed by atoms with Gasteiger partial charge in [0.25, 0.3) is 0 Å². The highest BCUT2D eigenvalue weighted by Gasteiger charge is 2.36. The van der Waals surface area contributed by atoms with Crippen molar-refractivity contribution < 1.29 is 14.3 Å². The summed E-state index contributed by atoms with van der Waals surface area (Å²) in [6.07, 6.45) is 0.255. The number of imide groups is 1. The number of hydrogen-bond acceptors (Lipinski definition) is 4. The first-order valence-corrected chi connectivity index (χ1v) is 5.35. The van der Waals surface area contributed by atoms with Gasteiger partial charge in [0.15, 0.2) is 0 Å². The lowest BCUT2D eigenvalue weighted by Gasteiger charge is -2.15. The Labute approximate surface area is 99.2 Å². The Balaban J connectivity index is 2.38. The van der Waals surface area contributed by atoms with Gasteiger partial charge in [-0.3, -0.25) is 14.5 Å². The minimum absolute atomic E-state index is 0.181. The molecule has 2 rings (SSSR count). The number of benzene rings is 1. The molecule has 0 aliphatic carbocycles. The molecule has 2 N–H and O–H groups in total. The maximum absolute atomic E-state index is 11.8. The third kappa shape index (κ3) is 1.84. The molecule has 90 valence electrons. The van der Waals surface area contributed by atoms with E-state index in [0.29, 0.717) is 17.1 Å². The summed E-state index contributed by atoms with van der Waals surface area (Å²) >= 11 is 0. The average molecular weight is 234 g/mol. The summed E-state index contributed by atoms with van der Waals surface area (Å²) in [5.74, 6) is -0.0987. The molecular weight excluding hydrogens is 220 g/mol. The molecule has 0 spiro atoms. The Bertz CT molecular complexity index is 485. The number of carbonyl (C=O) groups excluding carboxylic acids is 2. The van der Waals surface area contributed by atoms with E-state index in [0.717, 1.165) is 0 Å². The van der Waals surface area contributed by atoms with Crippen molar-refractivity contribution >= 4 is 23.2 Å². The Hall–Kier alpha value is -2.04. The normalized spacial score (nSPS) is 19.9. The molecule has 1 aliphatic rings. The Morgan fingerprint density at radius 3 is 2.59 bits per heavy atom. The number of amides is 2. The van der Waals surface area contributed by atoms with Crippen molar-refractivity contribution in [2.75, 3.05) is 17.7 Å². The lowest BCUT2D eigenvalue weighted by Crippen LogP contribution is -2.30. The average Bonchev–Trinajstić information content (AvgIpc) is 2.53. The highest BCUT2D eigenvalue weighted by Crippen LogP contribution is 2.31. The monoisotopic (exact) mass is 234 g/mol. The molecule has 1 atom stereocenters. The highest BCUT2D eigenvalue weighted by molar-refractivity contribution is 6.20. The lowest BCUT2D eigenvalue weighted by molar-refractivity contribution is -0.122. The molecule has 0 saturated carbocycles. The molecule has 1 saturated heterocycles. The number of methoxy groups -OCH3 is 1. The molecule has 1 heterocycles. The van der Waals surface area contributed by atoms with Crippen LogP contribution < -0.4 is 15.4 Å². The Morgan fingerprint density at radius 2 is 2.12 bits per heavy atom. The third-order valence-electron chi connectivity index (χ3n) is 2.84. The summed E-state index contributed by atoms with van der Waals surface area (Å²) in [6, 6.07) is 4.88. The smallest absolute Gasteiger partial charge is 0.237 e. The van der Waals surface area contributed by atoms with E-state index in [1.807, 2.05) is 0 Å². The van der Waals surface area contributed by atoms with Crippen molar-refractivity contribution in [1.82, 2.24) is 0 Å². The topological polar surface area (TPSA) is 72.6 Å². The van der Waals surface area contributed by atoms with Crippen molar-refractivity contribution in [3.63, 3.8) is 0 Å². The van der Waals surface area contributed by atoms with Crippen molar-refractivity contribution in [3.05, 3.63) is 18.2 Å². The van der Waals surface area contributed by atoms with Crippen LogP contribution in [0.15, 0.2) is 18.2 Å². The maximum atomic E-state index is 11.8. The molecule has 5 heteroatoms. The van der Waals surface area contributed by atoms with Crippen LogP contribution in [0, 0.1) is 5.92 Å². The van der Waals surface area contributed by atoms with Crippen molar-refractivity contribution in [3.8, 4) is 5.75 Å². The van der Waals surface area contributed by atoms with Gasteiger partial charge in [-0.2, -0.15) is 0 Å². The van der Waals surface area contributed by atoms with E-state index in [4.69, 9.17) is 10.5 Å². The van der Waals surface area contributed by atoms with E-state index in [9.17, 15) is 9.59 Å². The van der Waals surface area contributed by atoms with Crippen molar-refractivity contribution in [2.45, 2.75) is 13.3 Å². The SMILES string of the molecule is COc1ccc(N2C(=O)CC(C)C2=O)cc1N. The number of nitrogens with zero attached hydrogens (tertiary/aromatic N) is 1. The predicted octanol–water partition coefficient (Wildman–Crippen LogP) is 1.18. The van der Waals surface area contributed by atoms with Crippen LogP contribution in [0.5, 0.6) is 5.75 Å². The van der Waals surface area contributed by atoms with E-state index >= 15 is 0 Å². The molecule has 2 amide bonds. The number of nitrogens with two attached hydrogens (primary N) is 1. The standard InChI is InChI=1S/C12H14N2O3/c1-7-5-11(15)14(12(7)16)8-3-4-10(17-2)9(13)6-8/h3-4,6-7H,5,13H2,1-2H3. The number of hydrogen-bond donors (Lipinski definition) is 1. The summed E-state index contributed by atoms with van der Waals surface area (Å²) in [5, 5.41) is 0. The summed E-state index contributed by atoms with van der Waals surface area (Å²) in [7, 11) is 1.51. The number of anilines is 2. The van der Waals surface area contributed by atoms with Gasteiger partial charge in [0.1, 0.15) is 5.75 Å². The van der Waals surface area contributed by atoms with Crippen LogP contribution >= 0.6 is 0 Å². The van der Waals surface area contributed by atoms with Crippen molar-refractivity contribution in [1.29, 1.82) is 0 Å². The molecule has 0 bridgehead atoms. The number of ether oxygens (including phenoxy) is 1. The Kier molecular flexibility index (Phi) is 2.75. The van der Waals surface area contributed by atoms with Crippen LogP contribution in [0.1, 0.15) is 13.3 Å². The molecular formula is C12H14N2O3. The van der Waals surface area contributed by atoms with E-state index in [1.54, 1.807) is 25.1 Å². The zero-order valence-corrected chi connectivity index (χ0v) is 9.77. The van der Waals surface area contributed by atoms with E-state index in [-0.39, 0.29) is 24.2 Å². The van der Waals surface area contributed by atoms with Gasteiger partial charge < -0.3 is 10.5 Å². The van der Waals surface area contributed by atoms with Gasteiger partial charge in [-0.1, -0.05) is 6.92 Å². The second kappa shape index (κ2) is 4.08. The minimum Gasteiger partial charge on any atom is -0.495 e. The first-order chi connectivity index (χ1) is 8.04. The van der Waals surface area contributed by atoms with Gasteiger partial charge in [0.2, 0.25) is 11.8 Å². The summed E-state index contributed by atoms with van der Waals surface area (Å²) in [5.41, 5.74) is 6.66. The predicted molar refractivity (Wildman–Crippen MR) is 63.7 cm³/mol. The second-order valence-electron chi connectivity index (χ2n) is 4.10. The van der Waals surface area contributed by atoms with E-state index in [2.05, 4.69) is 0 Å². The zero-order valence-electron chi connectivity index (χ0n) is 9.77. The lowest BCUT2D eigenvalue weighted by atomic mass is 10.1. The first-order valence-electron chi connectivity index (χ1n) is 5.35. The van der Waals surface area contributed by atoms with Crippen LogP contribution in [0.4, 0.5) is 11.4 Å². The molecule has 0 radical (unpaired) electrons. The molecule has 1 fully saturated rings. The van der Waals surface area contributed by atoms with Crippen molar-refractivity contribution in [2.24, 2.45) is 5.92 Å². The minimum atomic E-state index is -0.258. The number of nitrogen functional groups attached to an aromatic ring is 1. The fraction of sp³-hybridized carbons (Fsp3) is 0.333. The van der Waals surface area contributed by atoms with Crippen LogP contribution in [0.3, 0.4) is 0 Å². The second-order valence-corrected chi connectivity index (χ2v) is 4.10. The van der Waals surface area contributed by atoms with E-state index in [1.165, 1.54) is 12.0 Å². The quantitative estimate of drug-likeness (QED) is 0.616. The van der Waals surface area contributed by atoms with E-state index < -0.39 is 0 Å². The molecule has 1 aromatic rings. The molecule has 1 aromatic carbocycles. The van der Waals surface area contributed by atoms with Gasteiger partial charge in [0, 0.05) is 12.3 Å². The molecule has 5 nitrogen and oxygen atoms in total. The first kappa shape index (κ1) is 11.4. The molecule has 1 unspecified atom stereocenters. The third-order valence-corrected chi connectivity index (χ3v) is 2.84. The molecule has 0 aromatic heterocycles. The van der Waals surface area contributed by atoms with Gasteiger partial charge in [-0.15, -0.1) is 0 Å². The summed E-state index contributed by atoms with van der Waals surface area (Å²) in [4.78, 5) is 24.7. The molecule has 1 aliphatic heterocycles. The van der Waals surface area contributed by atoms with Gasteiger partial charge in [-0.05, 0) is 18.2 Å². The number of carbonyl (C=O) groups is 2. The van der Waals surface area contributed by atoms with Gasteiger partial charge in [0.05, 0.1) is 18.5 Å². The van der Waals surface area contributed by atoms with Gasteiger partial charge >= 0.3 is 0 Å². The summed E-state index contributed by atoms with van der Waals surface area (Å²) < 4.78 is 5.02. The zero-order chi connectivity index (χ0) is 12.6.